The summed E-state index contributed by atoms with van der Waals surface area (Å²) in [7, 11) is 0. The lowest BCUT2D eigenvalue weighted by Gasteiger charge is -2.07. The quantitative estimate of drug-likeness (QED) is 0.673. The summed E-state index contributed by atoms with van der Waals surface area (Å²) in [6, 6.07) is 7.33. The fraction of sp³-hybridized carbons (Fsp3) is 0.214. The molecule has 20 heavy (non-hydrogen) atoms. The number of hydrogen-bond acceptors (Lipinski definition) is 5. The minimum atomic E-state index is -0.185. The van der Waals surface area contributed by atoms with Crippen LogP contribution in [0.4, 0.5) is 0 Å². The first kappa shape index (κ1) is 14.2. The molecule has 1 amide bonds. The van der Waals surface area contributed by atoms with Crippen LogP contribution in [0.5, 0.6) is 0 Å². The smallest absolute Gasteiger partial charge is 0.253 e. The molecule has 2 aromatic rings. The topological polar surface area (TPSA) is 68.0 Å². The second-order valence-electron chi connectivity index (χ2n) is 3.90. The van der Waals surface area contributed by atoms with Crippen LogP contribution in [0.1, 0.15) is 22.1 Å². The molecule has 1 aromatic carbocycles. The van der Waals surface area contributed by atoms with Gasteiger partial charge in [-0.25, -0.2) is 0 Å². The van der Waals surface area contributed by atoms with Crippen molar-refractivity contribution in [2.45, 2.75) is 17.6 Å². The second kappa shape index (κ2) is 6.78. The van der Waals surface area contributed by atoms with Crippen molar-refractivity contribution in [1.29, 1.82) is 0 Å². The summed E-state index contributed by atoms with van der Waals surface area (Å²) >= 11 is 1.48. The third-order valence-electron chi connectivity index (χ3n) is 2.41. The monoisotopic (exact) mass is 287 g/mol. The molecular weight excluding hydrogens is 274 g/mol. The third kappa shape index (κ3) is 3.62. The van der Waals surface area contributed by atoms with Crippen LogP contribution in [0.2, 0.25) is 0 Å². The number of hydrogen-bond donors (Lipinski definition) is 1. The standard InChI is InChI=1S/C14H13N3O2S/c1-3-8-15-14(18)11-6-4-5-7-12(11)20-9-13-16-10(2)19-17-13/h1,4-7H,8-9H2,2H3,(H,15,18). The first-order chi connectivity index (χ1) is 9.70. The van der Waals surface area contributed by atoms with Crippen molar-refractivity contribution in [3.63, 3.8) is 0 Å². The van der Waals surface area contributed by atoms with Crippen LogP contribution in [-0.4, -0.2) is 22.6 Å². The highest BCUT2D eigenvalue weighted by atomic mass is 32.2. The SMILES string of the molecule is C#CCNC(=O)c1ccccc1SCc1noc(C)n1. The number of amides is 1. The Hall–Kier alpha value is -2.26. The van der Waals surface area contributed by atoms with Gasteiger partial charge in [0, 0.05) is 11.8 Å². The van der Waals surface area contributed by atoms with Gasteiger partial charge in [-0.2, -0.15) is 4.98 Å². The molecule has 0 radical (unpaired) electrons. The molecule has 102 valence electrons. The number of thioether (sulfide) groups is 1. The van der Waals surface area contributed by atoms with Crippen molar-refractivity contribution in [3.8, 4) is 12.3 Å². The van der Waals surface area contributed by atoms with Crippen molar-refractivity contribution in [2.24, 2.45) is 0 Å². The number of aryl methyl sites for hydroxylation is 1. The number of rotatable bonds is 5. The van der Waals surface area contributed by atoms with E-state index in [0.717, 1.165) is 4.90 Å². The molecule has 0 saturated carbocycles. The Bertz CT molecular complexity index is 646. The summed E-state index contributed by atoms with van der Waals surface area (Å²) in [6.07, 6.45) is 5.13. The normalized spacial score (nSPS) is 10.0. The van der Waals surface area contributed by atoms with E-state index >= 15 is 0 Å². The van der Waals surface area contributed by atoms with E-state index in [-0.39, 0.29) is 12.5 Å². The Labute approximate surface area is 121 Å². The maximum absolute atomic E-state index is 12.0. The minimum Gasteiger partial charge on any atom is -0.341 e. The number of carbonyl (C=O) groups excluding carboxylic acids is 1. The highest BCUT2D eigenvalue weighted by Crippen LogP contribution is 2.25. The molecule has 1 aromatic heterocycles. The Balaban J connectivity index is 2.08. The predicted molar refractivity (Wildman–Crippen MR) is 76.2 cm³/mol. The first-order valence-corrected chi connectivity index (χ1v) is 6.92. The molecule has 0 saturated heterocycles. The van der Waals surface area contributed by atoms with Gasteiger partial charge in [-0.15, -0.1) is 18.2 Å². The van der Waals surface area contributed by atoms with E-state index < -0.39 is 0 Å². The average molecular weight is 287 g/mol. The van der Waals surface area contributed by atoms with Crippen LogP contribution in [0.25, 0.3) is 0 Å². The van der Waals surface area contributed by atoms with Gasteiger partial charge in [-0.05, 0) is 12.1 Å². The van der Waals surface area contributed by atoms with Gasteiger partial charge in [-0.1, -0.05) is 23.2 Å². The molecule has 0 aliphatic rings. The van der Waals surface area contributed by atoms with Crippen LogP contribution in [0.3, 0.4) is 0 Å². The lowest BCUT2D eigenvalue weighted by molar-refractivity contribution is 0.0956. The molecule has 6 heteroatoms. The van der Waals surface area contributed by atoms with Crippen LogP contribution in [-0.2, 0) is 5.75 Å². The first-order valence-electron chi connectivity index (χ1n) is 5.93. The molecular formula is C14H13N3O2S. The summed E-state index contributed by atoms with van der Waals surface area (Å²) in [5.41, 5.74) is 0.591. The largest absolute Gasteiger partial charge is 0.341 e. The maximum Gasteiger partial charge on any atom is 0.253 e. The number of aromatic nitrogens is 2. The molecule has 5 nitrogen and oxygen atoms in total. The van der Waals surface area contributed by atoms with Gasteiger partial charge in [0.05, 0.1) is 17.9 Å². The van der Waals surface area contributed by atoms with E-state index in [1.54, 1.807) is 13.0 Å². The van der Waals surface area contributed by atoms with Crippen molar-refractivity contribution in [3.05, 3.63) is 41.5 Å². The van der Waals surface area contributed by atoms with Crippen molar-refractivity contribution >= 4 is 17.7 Å². The van der Waals surface area contributed by atoms with Crippen LogP contribution in [0, 0.1) is 19.3 Å². The third-order valence-corrected chi connectivity index (χ3v) is 3.48. The minimum absolute atomic E-state index is 0.185. The van der Waals surface area contributed by atoms with E-state index in [1.165, 1.54) is 11.8 Å². The van der Waals surface area contributed by atoms with E-state index in [9.17, 15) is 4.79 Å². The van der Waals surface area contributed by atoms with E-state index in [0.29, 0.717) is 23.0 Å². The molecule has 0 aliphatic carbocycles. The zero-order valence-electron chi connectivity index (χ0n) is 10.9. The highest BCUT2D eigenvalue weighted by Gasteiger charge is 2.11. The summed E-state index contributed by atoms with van der Waals surface area (Å²) < 4.78 is 4.91. The van der Waals surface area contributed by atoms with Gasteiger partial charge in [0.2, 0.25) is 5.89 Å². The number of nitrogens with one attached hydrogen (secondary N) is 1. The van der Waals surface area contributed by atoms with Gasteiger partial charge >= 0.3 is 0 Å². The van der Waals surface area contributed by atoms with Crippen LogP contribution < -0.4 is 5.32 Å². The van der Waals surface area contributed by atoms with E-state index in [4.69, 9.17) is 10.9 Å². The zero-order valence-corrected chi connectivity index (χ0v) is 11.7. The molecule has 1 heterocycles. The van der Waals surface area contributed by atoms with Gasteiger partial charge < -0.3 is 9.84 Å². The van der Waals surface area contributed by atoms with Gasteiger partial charge in [-0.3, -0.25) is 4.79 Å². The van der Waals surface area contributed by atoms with Gasteiger partial charge in [0.1, 0.15) is 0 Å². The van der Waals surface area contributed by atoms with Crippen molar-refractivity contribution < 1.29 is 9.32 Å². The second-order valence-corrected chi connectivity index (χ2v) is 4.92. The zero-order chi connectivity index (χ0) is 14.4. The summed E-state index contributed by atoms with van der Waals surface area (Å²) in [6.45, 7) is 1.95. The van der Waals surface area contributed by atoms with Gasteiger partial charge in [0.25, 0.3) is 5.91 Å². The Morgan fingerprint density at radius 2 is 2.30 bits per heavy atom. The van der Waals surface area contributed by atoms with Crippen molar-refractivity contribution in [1.82, 2.24) is 15.5 Å². The van der Waals surface area contributed by atoms with Crippen LogP contribution >= 0.6 is 11.8 Å². The fourth-order valence-corrected chi connectivity index (χ4v) is 2.44. The molecule has 0 bridgehead atoms. The maximum atomic E-state index is 12.0. The average Bonchev–Trinajstić information content (AvgIpc) is 2.88. The highest BCUT2D eigenvalue weighted by molar-refractivity contribution is 7.98. The van der Waals surface area contributed by atoms with E-state index in [1.807, 2.05) is 18.2 Å². The summed E-state index contributed by atoms with van der Waals surface area (Å²) in [5, 5.41) is 6.47. The summed E-state index contributed by atoms with van der Waals surface area (Å²) in [5.74, 6) is 3.86. The molecule has 2 rings (SSSR count). The fourth-order valence-electron chi connectivity index (χ4n) is 1.55. The molecule has 0 aliphatic heterocycles. The number of carbonyl (C=O) groups is 1. The Morgan fingerprint density at radius 1 is 1.50 bits per heavy atom. The summed E-state index contributed by atoms with van der Waals surface area (Å²) in [4.78, 5) is 16.9. The van der Waals surface area contributed by atoms with Gasteiger partial charge in [0.15, 0.2) is 5.82 Å². The predicted octanol–water partition coefficient (Wildman–Crippen LogP) is 2.03. The van der Waals surface area contributed by atoms with E-state index in [2.05, 4.69) is 21.4 Å². The number of benzene rings is 1. The molecule has 0 unspecified atom stereocenters. The molecule has 0 spiro atoms. The molecule has 1 N–H and O–H groups in total. The number of nitrogens with zero attached hydrogens (tertiary/aromatic N) is 2. The lowest BCUT2D eigenvalue weighted by Crippen LogP contribution is -2.24. The van der Waals surface area contributed by atoms with Crippen molar-refractivity contribution in [2.75, 3.05) is 6.54 Å². The molecule has 0 atom stereocenters. The lowest BCUT2D eigenvalue weighted by atomic mass is 10.2. The number of terminal acetylenes is 1. The Morgan fingerprint density at radius 3 is 3.00 bits per heavy atom. The van der Waals surface area contributed by atoms with Crippen LogP contribution in [0.15, 0.2) is 33.7 Å². The Kier molecular flexibility index (Phi) is 4.80. The molecule has 0 fully saturated rings.